The minimum Gasteiger partial charge on any atom is -0.490 e. The van der Waals surface area contributed by atoms with Crippen molar-refractivity contribution in [2.45, 2.75) is 12.5 Å². The van der Waals surface area contributed by atoms with Crippen LogP contribution < -0.4 is 9.47 Å². The van der Waals surface area contributed by atoms with Crippen LogP contribution in [-0.4, -0.2) is 24.4 Å². The maximum atomic E-state index is 8.71. The third-order valence-electron chi connectivity index (χ3n) is 3.30. The molecule has 0 radical (unpaired) electrons. The number of aliphatic hydroxyl groups is 1. The number of aliphatic hydroxyl groups excluding tert-OH is 1. The van der Waals surface area contributed by atoms with Gasteiger partial charge in [-0.2, -0.15) is 0 Å². The first kappa shape index (κ1) is 13.5. The first-order chi connectivity index (χ1) is 10.3. The molecule has 0 aliphatic carbocycles. The van der Waals surface area contributed by atoms with E-state index in [0.717, 1.165) is 23.5 Å². The lowest BCUT2D eigenvalue weighted by Crippen LogP contribution is -2.22. The highest BCUT2D eigenvalue weighted by Gasteiger charge is 2.22. The molecule has 106 valence electrons. The van der Waals surface area contributed by atoms with Gasteiger partial charge in [0.25, 0.3) is 0 Å². The summed E-state index contributed by atoms with van der Waals surface area (Å²) >= 11 is 0. The standard InChI is InChI=1S/C18H16O3/c19-10-4-6-14-5-3-8-16(11-14)20-13-17-12-15-7-1-2-9-18(15)21-17/h1-3,5,7-9,11,17,19H,10,12-13H2. The fourth-order valence-corrected chi connectivity index (χ4v) is 2.34. The van der Waals surface area contributed by atoms with Crippen LogP contribution in [0.2, 0.25) is 0 Å². The summed E-state index contributed by atoms with van der Waals surface area (Å²) in [6, 6.07) is 15.6. The zero-order chi connectivity index (χ0) is 14.5. The van der Waals surface area contributed by atoms with Gasteiger partial charge < -0.3 is 14.6 Å². The lowest BCUT2D eigenvalue weighted by molar-refractivity contribution is 0.148. The maximum Gasteiger partial charge on any atom is 0.137 e. The fourth-order valence-electron chi connectivity index (χ4n) is 2.34. The van der Waals surface area contributed by atoms with E-state index < -0.39 is 0 Å². The number of rotatable bonds is 3. The number of benzene rings is 2. The van der Waals surface area contributed by atoms with E-state index in [0.29, 0.717) is 6.61 Å². The van der Waals surface area contributed by atoms with E-state index in [1.165, 1.54) is 5.56 Å². The molecule has 0 fully saturated rings. The molecule has 3 heteroatoms. The Morgan fingerprint density at radius 2 is 2.10 bits per heavy atom. The second-order valence-electron chi connectivity index (χ2n) is 4.85. The number of hydrogen-bond acceptors (Lipinski definition) is 3. The van der Waals surface area contributed by atoms with Crippen LogP contribution in [0.5, 0.6) is 11.5 Å². The molecule has 2 aromatic rings. The molecule has 3 nitrogen and oxygen atoms in total. The van der Waals surface area contributed by atoms with Crippen LogP contribution in [0.3, 0.4) is 0 Å². The molecule has 21 heavy (non-hydrogen) atoms. The second-order valence-corrected chi connectivity index (χ2v) is 4.85. The van der Waals surface area contributed by atoms with E-state index in [2.05, 4.69) is 17.9 Å². The maximum absolute atomic E-state index is 8.71. The molecule has 1 N–H and O–H groups in total. The van der Waals surface area contributed by atoms with Crippen LogP contribution >= 0.6 is 0 Å². The van der Waals surface area contributed by atoms with Crippen molar-refractivity contribution in [1.82, 2.24) is 0 Å². The Morgan fingerprint density at radius 1 is 1.19 bits per heavy atom. The predicted molar refractivity (Wildman–Crippen MR) is 80.5 cm³/mol. The molecule has 1 aliphatic heterocycles. The van der Waals surface area contributed by atoms with Crippen LogP contribution in [0.25, 0.3) is 0 Å². The summed E-state index contributed by atoms with van der Waals surface area (Å²) in [5.74, 6) is 7.21. The van der Waals surface area contributed by atoms with Gasteiger partial charge in [0.05, 0.1) is 0 Å². The predicted octanol–water partition coefficient (Wildman–Crippen LogP) is 2.41. The van der Waals surface area contributed by atoms with Crippen LogP contribution in [0.15, 0.2) is 48.5 Å². The average molecular weight is 280 g/mol. The zero-order valence-electron chi connectivity index (χ0n) is 11.6. The van der Waals surface area contributed by atoms with E-state index in [1.807, 2.05) is 42.5 Å². The largest absolute Gasteiger partial charge is 0.490 e. The molecular formula is C18H16O3. The molecular weight excluding hydrogens is 264 g/mol. The molecule has 0 saturated carbocycles. The molecule has 1 heterocycles. The van der Waals surface area contributed by atoms with E-state index >= 15 is 0 Å². The van der Waals surface area contributed by atoms with E-state index in [-0.39, 0.29) is 12.7 Å². The second kappa shape index (κ2) is 6.34. The Kier molecular flexibility index (Phi) is 4.09. The Hall–Kier alpha value is -2.44. The Bertz CT molecular complexity index is 657. The van der Waals surface area contributed by atoms with Crippen LogP contribution in [-0.2, 0) is 6.42 Å². The molecule has 1 unspecified atom stereocenters. The van der Waals surface area contributed by atoms with Crippen molar-refractivity contribution in [3.63, 3.8) is 0 Å². The summed E-state index contributed by atoms with van der Waals surface area (Å²) < 4.78 is 11.6. The van der Waals surface area contributed by atoms with Gasteiger partial charge in [-0.05, 0) is 29.8 Å². The number of hydrogen-bond donors (Lipinski definition) is 1. The normalized spacial score (nSPS) is 15.6. The quantitative estimate of drug-likeness (QED) is 0.878. The number of fused-ring (bicyclic) bond motifs is 1. The fraction of sp³-hybridized carbons (Fsp3) is 0.222. The van der Waals surface area contributed by atoms with Gasteiger partial charge in [-0.1, -0.05) is 36.1 Å². The highest BCUT2D eigenvalue weighted by atomic mass is 16.5. The lowest BCUT2D eigenvalue weighted by Gasteiger charge is -2.12. The van der Waals surface area contributed by atoms with Crippen LogP contribution in [0.1, 0.15) is 11.1 Å². The van der Waals surface area contributed by atoms with E-state index in [4.69, 9.17) is 14.6 Å². The van der Waals surface area contributed by atoms with Crippen molar-refractivity contribution < 1.29 is 14.6 Å². The summed E-state index contributed by atoms with van der Waals surface area (Å²) in [7, 11) is 0. The lowest BCUT2D eigenvalue weighted by atomic mass is 10.1. The summed E-state index contributed by atoms with van der Waals surface area (Å²) in [4.78, 5) is 0. The number of ether oxygens (including phenoxy) is 2. The summed E-state index contributed by atoms with van der Waals surface area (Å²) in [5, 5.41) is 8.71. The van der Waals surface area contributed by atoms with Gasteiger partial charge in [0.1, 0.15) is 30.8 Å². The molecule has 0 saturated heterocycles. The van der Waals surface area contributed by atoms with Crippen molar-refractivity contribution in [1.29, 1.82) is 0 Å². The van der Waals surface area contributed by atoms with Gasteiger partial charge in [-0.25, -0.2) is 0 Å². The van der Waals surface area contributed by atoms with Crippen molar-refractivity contribution in [3.8, 4) is 23.3 Å². The van der Waals surface area contributed by atoms with Crippen LogP contribution in [0.4, 0.5) is 0 Å². The molecule has 1 aliphatic rings. The van der Waals surface area contributed by atoms with E-state index in [1.54, 1.807) is 0 Å². The van der Waals surface area contributed by atoms with Gasteiger partial charge >= 0.3 is 0 Å². The SMILES string of the molecule is OCC#Cc1cccc(OCC2Cc3ccccc3O2)c1. The smallest absolute Gasteiger partial charge is 0.137 e. The molecule has 0 aromatic heterocycles. The van der Waals surface area contributed by atoms with Gasteiger partial charge in [-0.15, -0.1) is 0 Å². The minimum atomic E-state index is -0.140. The molecule has 0 spiro atoms. The first-order valence-corrected chi connectivity index (χ1v) is 6.92. The highest BCUT2D eigenvalue weighted by molar-refractivity contribution is 5.40. The van der Waals surface area contributed by atoms with Gasteiger partial charge in [0.15, 0.2) is 0 Å². The Morgan fingerprint density at radius 3 is 2.95 bits per heavy atom. The molecule has 1 atom stereocenters. The summed E-state index contributed by atoms with van der Waals surface area (Å²) in [5.41, 5.74) is 2.06. The third-order valence-corrected chi connectivity index (χ3v) is 3.30. The van der Waals surface area contributed by atoms with Crippen molar-refractivity contribution in [2.24, 2.45) is 0 Å². The van der Waals surface area contributed by atoms with Crippen molar-refractivity contribution >= 4 is 0 Å². The molecule has 3 rings (SSSR count). The van der Waals surface area contributed by atoms with Crippen LogP contribution in [0, 0.1) is 11.8 Å². The molecule has 0 bridgehead atoms. The summed E-state index contributed by atoms with van der Waals surface area (Å²) in [6.45, 7) is 0.366. The number of para-hydroxylation sites is 1. The zero-order valence-corrected chi connectivity index (χ0v) is 11.6. The third kappa shape index (κ3) is 3.36. The van der Waals surface area contributed by atoms with Crippen molar-refractivity contribution in [2.75, 3.05) is 13.2 Å². The molecule has 2 aromatic carbocycles. The van der Waals surface area contributed by atoms with Gasteiger partial charge in [0, 0.05) is 12.0 Å². The van der Waals surface area contributed by atoms with Gasteiger partial charge in [-0.3, -0.25) is 0 Å². The molecule has 0 amide bonds. The first-order valence-electron chi connectivity index (χ1n) is 6.92. The van der Waals surface area contributed by atoms with E-state index in [9.17, 15) is 0 Å². The highest BCUT2D eigenvalue weighted by Crippen LogP contribution is 2.28. The summed E-state index contributed by atoms with van der Waals surface area (Å²) in [6.07, 6.45) is 0.926. The monoisotopic (exact) mass is 280 g/mol. The van der Waals surface area contributed by atoms with Crippen molar-refractivity contribution in [3.05, 3.63) is 59.7 Å². The Balaban J connectivity index is 1.59. The minimum absolute atomic E-state index is 0.0505. The van der Waals surface area contributed by atoms with Gasteiger partial charge in [0.2, 0.25) is 0 Å². The topological polar surface area (TPSA) is 38.7 Å². The average Bonchev–Trinajstić information content (AvgIpc) is 2.94. The Labute approximate surface area is 124 Å².